The van der Waals surface area contributed by atoms with Crippen molar-refractivity contribution in [1.29, 1.82) is 0 Å². The molecule has 0 aliphatic carbocycles. The smallest absolute Gasteiger partial charge is 0.416 e. The molecule has 1 heterocycles. The molecule has 0 saturated carbocycles. The lowest BCUT2D eigenvalue weighted by Crippen LogP contribution is -2.04. The van der Waals surface area contributed by atoms with Gasteiger partial charge in [0.25, 0.3) is 0 Å². The van der Waals surface area contributed by atoms with Gasteiger partial charge in [-0.2, -0.15) is 13.2 Å². The lowest BCUT2D eigenvalue weighted by atomic mass is 10.0. The van der Waals surface area contributed by atoms with E-state index in [1.165, 1.54) is 24.5 Å². The van der Waals surface area contributed by atoms with Crippen molar-refractivity contribution in [3.8, 4) is 17.0 Å². The fourth-order valence-electron chi connectivity index (χ4n) is 2.12. The summed E-state index contributed by atoms with van der Waals surface area (Å²) in [5, 5.41) is 10.0. The third-order valence-electron chi connectivity index (χ3n) is 3.08. The number of benzene rings is 2. The normalized spacial score (nSPS) is 11.8. The molecule has 0 saturated heterocycles. The molecule has 0 unspecified atom stereocenters. The second-order valence-electron chi connectivity index (χ2n) is 4.50. The number of phenolic OH excluding ortho intramolecular Hbond substituents is 1. The van der Waals surface area contributed by atoms with Gasteiger partial charge in [-0.1, -0.05) is 12.1 Å². The Morgan fingerprint density at radius 2 is 1.76 bits per heavy atom. The SMILES string of the molecule is Oc1ccc2ncnc(-c3cccc(C(F)(F)F)c3)c2c1. The van der Waals surface area contributed by atoms with E-state index >= 15 is 0 Å². The van der Waals surface area contributed by atoms with Gasteiger partial charge in [0.2, 0.25) is 0 Å². The van der Waals surface area contributed by atoms with Gasteiger partial charge < -0.3 is 5.11 Å². The number of nitrogens with zero attached hydrogens (tertiary/aromatic N) is 2. The molecule has 3 aromatic rings. The summed E-state index contributed by atoms with van der Waals surface area (Å²) in [5.74, 6) is 0.00512. The van der Waals surface area contributed by atoms with E-state index in [9.17, 15) is 18.3 Å². The van der Waals surface area contributed by atoms with E-state index in [2.05, 4.69) is 9.97 Å². The largest absolute Gasteiger partial charge is 0.508 e. The van der Waals surface area contributed by atoms with Crippen molar-refractivity contribution in [3.63, 3.8) is 0 Å². The lowest BCUT2D eigenvalue weighted by molar-refractivity contribution is -0.137. The molecule has 0 aliphatic rings. The van der Waals surface area contributed by atoms with E-state index in [0.717, 1.165) is 12.1 Å². The molecule has 0 spiro atoms. The Bertz CT molecular complexity index is 815. The van der Waals surface area contributed by atoms with Crippen LogP contribution in [0.5, 0.6) is 5.75 Å². The lowest BCUT2D eigenvalue weighted by Gasteiger charge is -2.10. The van der Waals surface area contributed by atoms with Crippen molar-refractivity contribution >= 4 is 10.9 Å². The van der Waals surface area contributed by atoms with Crippen molar-refractivity contribution in [2.75, 3.05) is 0 Å². The van der Waals surface area contributed by atoms with E-state index in [-0.39, 0.29) is 5.75 Å². The highest BCUT2D eigenvalue weighted by Gasteiger charge is 2.30. The predicted molar refractivity (Wildman–Crippen MR) is 71.6 cm³/mol. The Hall–Kier alpha value is -2.63. The molecule has 0 amide bonds. The summed E-state index contributed by atoms with van der Waals surface area (Å²) in [5.41, 5.74) is 0.479. The fourth-order valence-corrected chi connectivity index (χ4v) is 2.12. The third kappa shape index (κ3) is 2.52. The van der Waals surface area contributed by atoms with E-state index in [0.29, 0.717) is 22.2 Å². The molecular formula is C15H9F3N2O. The van der Waals surface area contributed by atoms with Crippen LogP contribution in [-0.2, 0) is 6.18 Å². The molecule has 3 rings (SSSR count). The van der Waals surface area contributed by atoms with E-state index in [4.69, 9.17) is 0 Å². The first-order valence-corrected chi connectivity index (χ1v) is 6.06. The number of alkyl halides is 3. The van der Waals surface area contributed by atoms with Crippen molar-refractivity contribution in [2.24, 2.45) is 0 Å². The van der Waals surface area contributed by atoms with Crippen LogP contribution in [0.4, 0.5) is 13.2 Å². The minimum Gasteiger partial charge on any atom is -0.508 e. The number of hydrogen-bond donors (Lipinski definition) is 1. The van der Waals surface area contributed by atoms with Gasteiger partial charge in [-0.15, -0.1) is 0 Å². The Labute approximate surface area is 117 Å². The molecule has 0 bridgehead atoms. The van der Waals surface area contributed by atoms with Crippen LogP contribution in [0.3, 0.4) is 0 Å². The first-order chi connectivity index (χ1) is 9.95. The molecule has 21 heavy (non-hydrogen) atoms. The van der Waals surface area contributed by atoms with Gasteiger partial charge in [0, 0.05) is 10.9 Å². The van der Waals surface area contributed by atoms with Crippen LogP contribution in [0.1, 0.15) is 5.56 Å². The molecular weight excluding hydrogens is 281 g/mol. The van der Waals surface area contributed by atoms with Gasteiger partial charge in [-0.05, 0) is 30.3 Å². The van der Waals surface area contributed by atoms with E-state index in [1.807, 2.05) is 0 Å². The van der Waals surface area contributed by atoms with Crippen LogP contribution in [0, 0.1) is 0 Å². The zero-order valence-electron chi connectivity index (χ0n) is 10.6. The third-order valence-corrected chi connectivity index (χ3v) is 3.08. The molecule has 1 aromatic heterocycles. The molecule has 2 aromatic carbocycles. The van der Waals surface area contributed by atoms with Gasteiger partial charge in [-0.25, -0.2) is 9.97 Å². The number of rotatable bonds is 1. The highest BCUT2D eigenvalue weighted by atomic mass is 19.4. The van der Waals surface area contributed by atoms with Crippen LogP contribution in [0.25, 0.3) is 22.2 Å². The molecule has 106 valence electrons. The number of phenols is 1. The molecule has 1 N–H and O–H groups in total. The highest BCUT2D eigenvalue weighted by molar-refractivity contribution is 5.92. The maximum absolute atomic E-state index is 12.8. The van der Waals surface area contributed by atoms with Gasteiger partial charge in [-0.3, -0.25) is 0 Å². The first-order valence-electron chi connectivity index (χ1n) is 6.06. The summed E-state index contributed by atoms with van der Waals surface area (Å²) in [6.07, 6.45) is -3.13. The number of hydrogen-bond acceptors (Lipinski definition) is 3. The van der Waals surface area contributed by atoms with Crippen molar-refractivity contribution < 1.29 is 18.3 Å². The monoisotopic (exact) mass is 290 g/mol. The molecule has 0 atom stereocenters. The standard InChI is InChI=1S/C15H9F3N2O/c16-15(17,18)10-3-1-2-9(6-10)14-12-7-11(21)4-5-13(12)19-8-20-14/h1-8,21H. The van der Waals surface area contributed by atoms with Gasteiger partial charge in [0.1, 0.15) is 12.1 Å². The number of halogens is 3. The number of aromatic nitrogens is 2. The maximum atomic E-state index is 12.8. The second-order valence-corrected chi connectivity index (χ2v) is 4.50. The quantitative estimate of drug-likeness (QED) is 0.736. The van der Waals surface area contributed by atoms with E-state index < -0.39 is 11.7 Å². The number of aromatic hydroxyl groups is 1. The van der Waals surface area contributed by atoms with Crippen LogP contribution >= 0.6 is 0 Å². The summed E-state index contributed by atoms with van der Waals surface area (Å²) in [4.78, 5) is 8.09. The van der Waals surface area contributed by atoms with Crippen LogP contribution in [0.2, 0.25) is 0 Å². The Balaban J connectivity index is 2.23. The van der Waals surface area contributed by atoms with Gasteiger partial charge >= 0.3 is 6.18 Å². The minimum atomic E-state index is -4.42. The topological polar surface area (TPSA) is 46.0 Å². The average Bonchev–Trinajstić information content (AvgIpc) is 2.46. The minimum absolute atomic E-state index is 0.00512. The summed E-state index contributed by atoms with van der Waals surface area (Å²) in [7, 11) is 0. The molecule has 0 aliphatic heterocycles. The van der Waals surface area contributed by atoms with E-state index in [1.54, 1.807) is 12.1 Å². The highest BCUT2D eigenvalue weighted by Crippen LogP contribution is 2.33. The summed E-state index contributed by atoms with van der Waals surface area (Å²) < 4.78 is 38.4. The molecule has 6 heteroatoms. The zero-order valence-corrected chi connectivity index (χ0v) is 10.6. The van der Waals surface area contributed by atoms with Crippen molar-refractivity contribution in [2.45, 2.75) is 6.18 Å². The molecule has 0 fully saturated rings. The van der Waals surface area contributed by atoms with Gasteiger partial charge in [0.05, 0.1) is 16.8 Å². The second kappa shape index (κ2) is 4.73. The van der Waals surface area contributed by atoms with Crippen molar-refractivity contribution in [1.82, 2.24) is 9.97 Å². The molecule has 0 radical (unpaired) electrons. The zero-order chi connectivity index (χ0) is 15.0. The number of fused-ring (bicyclic) bond motifs is 1. The van der Waals surface area contributed by atoms with Crippen LogP contribution < -0.4 is 0 Å². The first kappa shape index (κ1) is 13.4. The van der Waals surface area contributed by atoms with Gasteiger partial charge in [0.15, 0.2) is 0 Å². The summed E-state index contributed by atoms with van der Waals surface area (Å²) in [6.45, 7) is 0. The van der Waals surface area contributed by atoms with Crippen LogP contribution in [0.15, 0.2) is 48.8 Å². The summed E-state index contributed by atoms with van der Waals surface area (Å²) in [6, 6.07) is 9.39. The molecule has 3 nitrogen and oxygen atoms in total. The average molecular weight is 290 g/mol. The van der Waals surface area contributed by atoms with Crippen molar-refractivity contribution in [3.05, 3.63) is 54.4 Å². The fraction of sp³-hybridized carbons (Fsp3) is 0.0667. The maximum Gasteiger partial charge on any atom is 0.416 e. The predicted octanol–water partition coefficient (Wildman–Crippen LogP) is 4.02. The Kier molecular flexibility index (Phi) is 3.01. The Morgan fingerprint density at radius 3 is 2.52 bits per heavy atom. The summed E-state index contributed by atoms with van der Waals surface area (Å²) >= 11 is 0. The Morgan fingerprint density at radius 1 is 0.952 bits per heavy atom. The van der Waals surface area contributed by atoms with Crippen LogP contribution in [-0.4, -0.2) is 15.1 Å².